The molecule has 3 rings (SSSR count). The van der Waals surface area contributed by atoms with E-state index in [1.165, 1.54) is 22.5 Å². The minimum absolute atomic E-state index is 0.0517. The Hall–Kier alpha value is -2.50. The third-order valence-corrected chi connectivity index (χ3v) is 4.89. The van der Waals surface area contributed by atoms with Gasteiger partial charge in [-0.25, -0.2) is 9.78 Å². The predicted octanol–water partition coefficient (Wildman–Crippen LogP) is -1.11. The summed E-state index contributed by atoms with van der Waals surface area (Å²) in [4.78, 5) is 42.0. The molecule has 1 amide bonds. The summed E-state index contributed by atoms with van der Waals surface area (Å²) in [7, 11) is 1.38. The van der Waals surface area contributed by atoms with Crippen LogP contribution in [0.2, 0.25) is 0 Å². The second kappa shape index (κ2) is 7.15. The zero-order valence-corrected chi connectivity index (χ0v) is 16.4. The molecule has 1 aliphatic rings. The van der Waals surface area contributed by atoms with E-state index in [2.05, 4.69) is 10.3 Å². The number of nitrogens with zero attached hydrogens (tertiary/aromatic N) is 4. The highest BCUT2D eigenvalue weighted by molar-refractivity contribution is 5.81. The van der Waals surface area contributed by atoms with E-state index >= 15 is 0 Å². The fourth-order valence-corrected chi connectivity index (χ4v) is 3.50. The largest absolute Gasteiger partial charge is 0.387 e. The average Bonchev–Trinajstić information content (AvgIpc) is 3.16. The first kappa shape index (κ1) is 20.2. The summed E-state index contributed by atoms with van der Waals surface area (Å²) in [5.41, 5.74) is -0.867. The summed E-state index contributed by atoms with van der Waals surface area (Å²) < 4.78 is 9.32. The van der Waals surface area contributed by atoms with Crippen LogP contribution in [-0.4, -0.2) is 60.2 Å². The highest BCUT2D eigenvalue weighted by Crippen LogP contribution is 2.31. The van der Waals surface area contributed by atoms with Crippen molar-refractivity contribution in [3.63, 3.8) is 0 Å². The van der Waals surface area contributed by atoms with Crippen LogP contribution in [-0.2, 0) is 9.53 Å². The minimum Gasteiger partial charge on any atom is -0.387 e. The van der Waals surface area contributed by atoms with E-state index in [1.807, 2.05) is 0 Å². The third-order valence-electron chi connectivity index (χ3n) is 4.89. The number of likely N-dealkylation sites (N-methyl/N-ethyl adjacent to an activating group) is 1. The van der Waals surface area contributed by atoms with Crippen LogP contribution >= 0.6 is 0 Å². The Morgan fingerprint density at radius 3 is 2.29 bits per heavy atom. The van der Waals surface area contributed by atoms with Crippen molar-refractivity contribution in [1.29, 1.82) is 0 Å². The van der Waals surface area contributed by atoms with E-state index in [-0.39, 0.29) is 17.2 Å². The van der Waals surface area contributed by atoms with Crippen LogP contribution in [0.25, 0.3) is 11.2 Å². The highest BCUT2D eigenvalue weighted by Gasteiger charge is 2.47. The second-order valence-corrected chi connectivity index (χ2v) is 7.38. The van der Waals surface area contributed by atoms with Crippen molar-refractivity contribution in [2.24, 2.45) is 0 Å². The predicted molar refractivity (Wildman–Crippen MR) is 99.0 cm³/mol. The number of fused-ring (bicyclic) bond motifs is 1. The Morgan fingerprint density at radius 1 is 1.14 bits per heavy atom. The molecule has 3 N–H and O–H groups in total. The molecule has 2 aromatic heterocycles. The maximum Gasteiger partial charge on any atom is 0.333 e. The first-order valence-electron chi connectivity index (χ1n) is 9.08. The minimum atomic E-state index is -1.48. The Balaban J connectivity index is 2.26. The van der Waals surface area contributed by atoms with Crippen molar-refractivity contribution in [2.45, 2.75) is 64.3 Å². The van der Waals surface area contributed by atoms with Crippen molar-refractivity contribution in [1.82, 2.24) is 24.0 Å². The van der Waals surface area contributed by atoms with Crippen LogP contribution in [0.5, 0.6) is 0 Å². The van der Waals surface area contributed by atoms with E-state index in [0.717, 1.165) is 4.57 Å². The summed E-state index contributed by atoms with van der Waals surface area (Å²) in [5.74, 6) is -0.600. The van der Waals surface area contributed by atoms with Gasteiger partial charge >= 0.3 is 5.69 Å². The third kappa shape index (κ3) is 2.86. The summed E-state index contributed by atoms with van der Waals surface area (Å²) in [6.07, 6.45) is -4.20. The summed E-state index contributed by atoms with van der Waals surface area (Å²) >= 11 is 0. The van der Waals surface area contributed by atoms with E-state index in [9.17, 15) is 24.6 Å². The standard InChI is InChI=1S/C17H25N5O6/c1-7(2)21-13-9(15(26)22(8(3)4)17(21)27)20(6-19-13)16-11(24)10(23)12(28-16)14(25)18-5/h6-8,10-12,16,23-24H,1-5H3,(H,18,25)/t10-,11+,12-,16+/m0/s1. The van der Waals surface area contributed by atoms with Crippen molar-refractivity contribution in [3.05, 3.63) is 27.2 Å². The Bertz CT molecular complexity index is 1020. The number of carbonyl (C=O) groups excluding carboxylic acids is 1. The molecular weight excluding hydrogens is 370 g/mol. The van der Waals surface area contributed by atoms with Gasteiger partial charge in [-0.2, -0.15) is 0 Å². The van der Waals surface area contributed by atoms with Crippen LogP contribution in [0.1, 0.15) is 46.0 Å². The normalized spacial score (nSPS) is 25.2. The number of imidazole rings is 1. The maximum atomic E-state index is 13.1. The fourth-order valence-electron chi connectivity index (χ4n) is 3.50. The number of carbonyl (C=O) groups is 1. The van der Waals surface area contributed by atoms with Gasteiger partial charge in [-0.1, -0.05) is 0 Å². The summed E-state index contributed by atoms with van der Waals surface area (Å²) in [5, 5.41) is 23.0. The Labute approximate surface area is 160 Å². The first-order chi connectivity index (χ1) is 13.1. The molecule has 1 saturated heterocycles. The second-order valence-electron chi connectivity index (χ2n) is 7.38. The van der Waals surface area contributed by atoms with Gasteiger partial charge in [0.25, 0.3) is 11.5 Å². The lowest BCUT2D eigenvalue weighted by Crippen LogP contribution is -2.42. The van der Waals surface area contributed by atoms with E-state index in [0.29, 0.717) is 0 Å². The monoisotopic (exact) mass is 395 g/mol. The van der Waals surface area contributed by atoms with Gasteiger partial charge in [0.1, 0.15) is 12.2 Å². The number of aliphatic hydroxyl groups excluding tert-OH is 2. The number of hydrogen-bond acceptors (Lipinski definition) is 7. The lowest BCUT2D eigenvalue weighted by molar-refractivity contribution is -0.137. The molecule has 1 fully saturated rings. The quantitative estimate of drug-likeness (QED) is 0.596. The van der Waals surface area contributed by atoms with Gasteiger partial charge in [0.2, 0.25) is 0 Å². The SMILES string of the molecule is CNC(=O)[C@H]1O[C@@H](n2cnc3c2c(=O)n(C(C)C)c(=O)n3C(C)C)[C@H](O)[C@@H]1O. The highest BCUT2D eigenvalue weighted by atomic mass is 16.6. The number of aromatic nitrogens is 4. The summed E-state index contributed by atoms with van der Waals surface area (Å²) in [6.45, 7) is 7.02. The number of rotatable bonds is 4. The lowest BCUT2D eigenvalue weighted by atomic mass is 10.1. The van der Waals surface area contributed by atoms with Crippen LogP contribution in [0, 0.1) is 0 Å². The Kier molecular flexibility index (Phi) is 5.17. The van der Waals surface area contributed by atoms with Crippen LogP contribution in [0.3, 0.4) is 0 Å². The van der Waals surface area contributed by atoms with E-state index < -0.39 is 47.7 Å². The zero-order chi connectivity index (χ0) is 20.9. The molecule has 11 heteroatoms. The molecule has 3 heterocycles. The van der Waals surface area contributed by atoms with Crippen molar-refractivity contribution in [2.75, 3.05) is 7.05 Å². The van der Waals surface area contributed by atoms with Crippen LogP contribution < -0.4 is 16.6 Å². The van der Waals surface area contributed by atoms with Gasteiger partial charge in [0, 0.05) is 19.1 Å². The molecular formula is C17H25N5O6. The molecule has 28 heavy (non-hydrogen) atoms. The molecule has 0 saturated carbocycles. The topological polar surface area (TPSA) is 141 Å². The van der Waals surface area contributed by atoms with Gasteiger partial charge < -0.3 is 20.3 Å². The number of ether oxygens (including phenoxy) is 1. The van der Waals surface area contributed by atoms with Gasteiger partial charge in [-0.3, -0.25) is 23.3 Å². The molecule has 11 nitrogen and oxygen atoms in total. The smallest absolute Gasteiger partial charge is 0.333 e. The molecule has 0 radical (unpaired) electrons. The van der Waals surface area contributed by atoms with Gasteiger partial charge in [-0.05, 0) is 27.7 Å². The molecule has 2 aromatic rings. The van der Waals surface area contributed by atoms with E-state index in [4.69, 9.17) is 4.74 Å². The Morgan fingerprint density at radius 2 is 1.75 bits per heavy atom. The van der Waals surface area contributed by atoms with Gasteiger partial charge in [-0.15, -0.1) is 0 Å². The molecule has 0 bridgehead atoms. The van der Waals surface area contributed by atoms with E-state index in [1.54, 1.807) is 27.7 Å². The van der Waals surface area contributed by atoms with Crippen molar-refractivity contribution in [3.8, 4) is 0 Å². The molecule has 0 aromatic carbocycles. The van der Waals surface area contributed by atoms with Crippen LogP contribution in [0.4, 0.5) is 0 Å². The van der Waals surface area contributed by atoms with Gasteiger partial charge in [0.15, 0.2) is 23.5 Å². The fraction of sp³-hybridized carbons (Fsp3) is 0.647. The molecule has 154 valence electrons. The molecule has 0 unspecified atom stereocenters. The lowest BCUT2D eigenvalue weighted by Gasteiger charge is -2.19. The number of aliphatic hydroxyl groups is 2. The summed E-state index contributed by atoms with van der Waals surface area (Å²) in [6, 6.07) is -0.682. The molecule has 0 spiro atoms. The first-order valence-corrected chi connectivity index (χ1v) is 9.08. The number of nitrogens with one attached hydrogen (secondary N) is 1. The number of hydrogen-bond donors (Lipinski definition) is 3. The average molecular weight is 395 g/mol. The van der Waals surface area contributed by atoms with Crippen molar-refractivity contribution >= 4 is 17.1 Å². The van der Waals surface area contributed by atoms with Crippen LogP contribution in [0.15, 0.2) is 15.9 Å². The maximum absolute atomic E-state index is 13.1. The number of amides is 1. The zero-order valence-electron chi connectivity index (χ0n) is 16.4. The van der Waals surface area contributed by atoms with Crippen molar-refractivity contribution < 1.29 is 19.7 Å². The molecule has 1 aliphatic heterocycles. The van der Waals surface area contributed by atoms with Gasteiger partial charge in [0.05, 0.1) is 6.33 Å². The molecule has 4 atom stereocenters. The molecule has 0 aliphatic carbocycles.